The van der Waals surface area contributed by atoms with E-state index in [1.165, 1.54) is 4.57 Å². The van der Waals surface area contributed by atoms with Crippen molar-refractivity contribution in [2.24, 2.45) is 0 Å². The first-order valence-corrected chi connectivity index (χ1v) is 7.40. The molecule has 1 aromatic heterocycles. The Labute approximate surface area is 121 Å². The van der Waals surface area contributed by atoms with Gasteiger partial charge in [0.1, 0.15) is 10.6 Å². The largest absolute Gasteiger partial charge is 0.477 e. The van der Waals surface area contributed by atoms with E-state index in [4.69, 9.17) is 5.11 Å². The number of ether oxygens (including phenoxy) is 1. The lowest BCUT2D eigenvalue weighted by molar-refractivity contribution is -0.149. The lowest BCUT2D eigenvalue weighted by Gasteiger charge is -2.09. The molecular formula is C11H16N2O7S. The van der Waals surface area contributed by atoms with Crippen molar-refractivity contribution < 1.29 is 33.0 Å². The fourth-order valence-electron chi connectivity index (χ4n) is 1.56. The summed E-state index contributed by atoms with van der Waals surface area (Å²) < 4.78 is 31.5. The van der Waals surface area contributed by atoms with Gasteiger partial charge >= 0.3 is 11.9 Å². The average molecular weight is 320 g/mol. The van der Waals surface area contributed by atoms with Gasteiger partial charge in [0.15, 0.2) is 6.10 Å². The molecule has 1 rings (SSSR count). The minimum Gasteiger partial charge on any atom is -0.477 e. The van der Waals surface area contributed by atoms with Crippen LogP contribution in [0.15, 0.2) is 17.2 Å². The van der Waals surface area contributed by atoms with Crippen LogP contribution in [0.4, 0.5) is 0 Å². The lowest BCUT2D eigenvalue weighted by Crippen LogP contribution is -2.37. The summed E-state index contributed by atoms with van der Waals surface area (Å²) in [5.74, 6) is -2.23. The second-order valence-corrected chi connectivity index (χ2v) is 5.81. The normalized spacial score (nSPS) is 12.9. The summed E-state index contributed by atoms with van der Waals surface area (Å²) in [7, 11) is -2.99. The first-order chi connectivity index (χ1) is 9.72. The summed E-state index contributed by atoms with van der Waals surface area (Å²) in [6.45, 7) is 1.37. The first kappa shape index (κ1) is 17.1. The number of aromatic nitrogens is 1. The maximum Gasteiger partial charge on any atom is 0.352 e. The number of rotatable bonds is 7. The van der Waals surface area contributed by atoms with E-state index in [1.54, 1.807) is 6.92 Å². The molecule has 0 radical (unpaired) electrons. The van der Waals surface area contributed by atoms with Gasteiger partial charge in [0.2, 0.25) is 10.0 Å². The zero-order valence-electron chi connectivity index (χ0n) is 11.4. The van der Waals surface area contributed by atoms with Gasteiger partial charge in [-0.05, 0) is 13.0 Å². The molecule has 0 aliphatic heterocycles. The topological polar surface area (TPSA) is 135 Å². The molecule has 9 nitrogen and oxygen atoms in total. The van der Waals surface area contributed by atoms with Crippen molar-refractivity contribution in [2.75, 3.05) is 13.7 Å². The Bertz CT molecular complexity index is 635. The molecule has 21 heavy (non-hydrogen) atoms. The van der Waals surface area contributed by atoms with Crippen molar-refractivity contribution in [2.45, 2.75) is 24.5 Å². The Morgan fingerprint density at radius 3 is 2.52 bits per heavy atom. The number of nitrogens with one attached hydrogen (secondary N) is 1. The molecule has 0 amide bonds. The standard InChI is InChI=1S/C11H16N2O7S/c1-3-13-6-7(4-8(13)10(15)16)21(18,19)12-5-9(14)11(17)20-2/h4,6,9,12,14H,3,5H2,1-2H3,(H,15,16). The van der Waals surface area contributed by atoms with Gasteiger partial charge in [-0.2, -0.15) is 0 Å². The zero-order valence-corrected chi connectivity index (χ0v) is 12.3. The highest BCUT2D eigenvalue weighted by atomic mass is 32.2. The third-order valence-electron chi connectivity index (χ3n) is 2.68. The highest BCUT2D eigenvalue weighted by Gasteiger charge is 2.23. The predicted octanol–water partition coefficient (Wildman–Crippen LogP) is -0.982. The highest BCUT2D eigenvalue weighted by molar-refractivity contribution is 7.89. The van der Waals surface area contributed by atoms with Gasteiger partial charge in [-0.25, -0.2) is 22.7 Å². The van der Waals surface area contributed by atoms with Crippen molar-refractivity contribution in [1.82, 2.24) is 9.29 Å². The number of hydrogen-bond acceptors (Lipinski definition) is 6. The number of carbonyl (C=O) groups is 2. The van der Waals surface area contributed by atoms with E-state index in [0.29, 0.717) is 0 Å². The molecule has 0 aromatic carbocycles. The van der Waals surface area contributed by atoms with Gasteiger partial charge in [-0.15, -0.1) is 0 Å². The number of sulfonamides is 1. The zero-order chi connectivity index (χ0) is 16.2. The van der Waals surface area contributed by atoms with Crippen LogP contribution >= 0.6 is 0 Å². The Morgan fingerprint density at radius 1 is 1.48 bits per heavy atom. The van der Waals surface area contributed by atoms with Crippen LogP contribution in [0.2, 0.25) is 0 Å². The van der Waals surface area contributed by atoms with Gasteiger partial charge < -0.3 is 19.5 Å². The van der Waals surface area contributed by atoms with Gasteiger partial charge in [0.05, 0.1) is 7.11 Å². The number of esters is 1. The number of nitrogens with zero attached hydrogens (tertiary/aromatic N) is 1. The van der Waals surface area contributed by atoms with E-state index in [2.05, 4.69) is 4.74 Å². The molecule has 1 atom stereocenters. The number of hydrogen-bond donors (Lipinski definition) is 3. The summed E-state index contributed by atoms with van der Waals surface area (Å²) in [5, 5.41) is 18.3. The van der Waals surface area contributed by atoms with Crippen LogP contribution < -0.4 is 4.72 Å². The van der Waals surface area contributed by atoms with Crippen molar-refractivity contribution >= 4 is 22.0 Å². The molecule has 0 saturated heterocycles. The summed E-state index contributed by atoms with van der Waals surface area (Å²) in [6.07, 6.45) is -0.479. The van der Waals surface area contributed by atoms with E-state index < -0.39 is 34.6 Å². The Morgan fingerprint density at radius 2 is 2.10 bits per heavy atom. The lowest BCUT2D eigenvalue weighted by atomic mass is 10.4. The molecule has 3 N–H and O–H groups in total. The van der Waals surface area contributed by atoms with Crippen LogP contribution in [0.1, 0.15) is 17.4 Å². The van der Waals surface area contributed by atoms with Gasteiger partial charge in [0, 0.05) is 19.3 Å². The van der Waals surface area contributed by atoms with Gasteiger partial charge in [-0.3, -0.25) is 0 Å². The number of aryl methyl sites for hydroxylation is 1. The second kappa shape index (κ2) is 6.70. The quantitative estimate of drug-likeness (QED) is 0.549. The Hall–Kier alpha value is -1.91. The summed E-state index contributed by atoms with van der Waals surface area (Å²) in [4.78, 5) is 21.7. The van der Waals surface area contributed by atoms with Crippen LogP contribution in [0.5, 0.6) is 0 Å². The smallest absolute Gasteiger partial charge is 0.352 e. The SMILES string of the molecule is CCn1cc(S(=O)(=O)NCC(O)C(=O)OC)cc1C(=O)O. The Balaban J connectivity index is 2.93. The van der Waals surface area contributed by atoms with Crippen molar-refractivity contribution in [1.29, 1.82) is 0 Å². The molecule has 118 valence electrons. The van der Waals surface area contributed by atoms with E-state index in [9.17, 15) is 23.1 Å². The maximum atomic E-state index is 12.0. The van der Waals surface area contributed by atoms with Crippen LogP contribution in [0.25, 0.3) is 0 Å². The van der Waals surface area contributed by atoms with Gasteiger partial charge in [0.25, 0.3) is 0 Å². The minimum atomic E-state index is -4.04. The van der Waals surface area contributed by atoms with E-state index in [0.717, 1.165) is 19.4 Å². The number of carboxylic acid groups (broad SMARTS) is 1. The van der Waals surface area contributed by atoms with Crippen molar-refractivity contribution in [3.8, 4) is 0 Å². The number of carboxylic acids is 1. The molecule has 0 aliphatic carbocycles. The molecule has 1 heterocycles. The predicted molar refractivity (Wildman–Crippen MR) is 70.3 cm³/mol. The highest BCUT2D eigenvalue weighted by Crippen LogP contribution is 2.14. The molecule has 0 bridgehead atoms. The molecule has 1 aromatic rings. The number of methoxy groups -OCH3 is 1. The van der Waals surface area contributed by atoms with E-state index in [-0.39, 0.29) is 17.1 Å². The third-order valence-corrected chi connectivity index (χ3v) is 4.07. The fraction of sp³-hybridized carbons (Fsp3) is 0.455. The third kappa shape index (κ3) is 4.03. The molecule has 0 fully saturated rings. The monoisotopic (exact) mass is 320 g/mol. The van der Waals surface area contributed by atoms with E-state index >= 15 is 0 Å². The van der Waals surface area contributed by atoms with Crippen molar-refractivity contribution in [3.05, 3.63) is 18.0 Å². The summed E-state index contributed by atoms with van der Waals surface area (Å²) >= 11 is 0. The van der Waals surface area contributed by atoms with Crippen LogP contribution in [-0.2, 0) is 26.1 Å². The Kier molecular flexibility index (Phi) is 5.47. The second-order valence-electron chi connectivity index (χ2n) is 4.04. The molecule has 1 unspecified atom stereocenters. The molecule has 0 saturated carbocycles. The van der Waals surface area contributed by atoms with Crippen LogP contribution in [0, 0.1) is 0 Å². The van der Waals surface area contributed by atoms with Gasteiger partial charge in [-0.1, -0.05) is 0 Å². The molecule has 10 heteroatoms. The summed E-state index contributed by atoms with van der Waals surface area (Å²) in [5.41, 5.74) is -0.175. The summed E-state index contributed by atoms with van der Waals surface area (Å²) in [6, 6.07) is 0.999. The van der Waals surface area contributed by atoms with Crippen LogP contribution in [0.3, 0.4) is 0 Å². The number of aliphatic hydroxyl groups excluding tert-OH is 1. The molecular weight excluding hydrogens is 304 g/mol. The van der Waals surface area contributed by atoms with Crippen LogP contribution in [-0.4, -0.2) is 54.9 Å². The minimum absolute atomic E-state index is 0.175. The maximum absolute atomic E-state index is 12.0. The first-order valence-electron chi connectivity index (χ1n) is 5.92. The molecule has 0 spiro atoms. The average Bonchev–Trinajstić information content (AvgIpc) is 2.89. The van der Waals surface area contributed by atoms with E-state index in [1.807, 2.05) is 4.72 Å². The molecule has 0 aliphatic rings. The number of carbonyl (C=O) groups excluding carboxylic acids is 1. The number of aliphatic hydroxyl groups is 1. The number of aromatic carboxylic acids is 1. The fourth-order valence-corrected chi connectivity index (χ4v) is 2.64. The van der Waals surface area contributed by atoms with Crippen molar-refractivity contribution in [3.63, 3.8) is 0 Å².